The first-order valence-corrected chi connectivity index (χ1v) is 3.47. The molecule has 1 heterocycles. The zero-order chi connectivity index (χ0) is 9.30. The third-order valence-electron chi connectivity index (χ3n) is 1.80. The van der Waals surface area contributed by atoms with Gasteiger partial charge in [-0.1, -0.05) is 0 Å². The monoisotopic (exact) mass is 177 g/mol. The van der Waals surface area contributed by atoms with Gasteiger partial charge in [0.15, 0.2) is 6.10 Å². The Bertz CT molecular complexity index is 185. The first-order chi connectivity index (χ1) is 5.57. The van der Waals surface area contributed by atoms with Crippen molar-refractivity contribution in [1.82, 2.24) is 0 Å². The average molecular weight is 177 g/mol. The minimum atomic E-state index is -1.32. The summed E-state index contributed by atoms with van der Waals surface area (Å²) in [6, 6.07) is 0. The molecule has 0 bridgehead atoms. The molecular weight excluding hydrogens is 166 g/mol. The molecule has 4 atom stereocenters. The Kier molecular flexibility index (Phi) is 2.63. The summed E-state index contributed by atoms with van der Waals surface area (Å²) < 4.78 is 4.95. The quantitative estimate of drug-likeness (QED) is 0.190. The van der Waals surface area contributed by atoms with E-state index in [2.05, 4.69) is 6.72 Å². The van der Waals surface area contributed by atoms with E-state index >= 15 is 0 Å². The predicted molar refractivity (Wildman–Crippen MR) is 38.5 cm³/mol. The number of hydrogen-bond donors (Lipinski definition) is 3. The molecule has 6 heteroatoms. The number of ether oxygens (including phenoxy) is 1. The molecule has 0 amide bonds. The SMILES string of the molecule is C=[N+]([O-])C1O[C@H](CO)[C@@H](O)[C@H]1O. The molecule has 70 valence electrons. The third-order valence-corrected chi connectivity index (χ3v) is 1.80. The van der Waals surface area contributed by atoms with Crippen LogP contribution in [-0.4, -0.2) is 57.9 Å². The van der Waals surface area contributed by atoms with E-state index in [-0.39, 0.29) is 4.74 Å². The second-order valence-corrected chi connectivity index (χ2v) is 2.65. The van der Waals surface area contributed by atoms with E-state index in [1.165, 1.54) is 0 Å². The Balaban J connectivity index is 2.66. The van der Waals surface area contributed by atoms with Gasteiger partial charge >= 0.3 is 0 Å². The largest absolute Gasteiger partial charge is 0.622 e. The van der Waals surface area contributed by atoms with Gasteiger partial charge in [-0.25, -0.2) is 0 Å². The highest BCUT2D eigenvalue weighted by molar-refractivity contribution is 5.15. The van der Waals surface area contributed by atoms with Crippen molar-refractivity contribution < 1.29 is 24.8 Å². The van der Waals surface area contributed by atoms with E-state index in [1.807, 2.05) is 0 Å². The van der Waals surface area contributed by atoms with Gasteiger partial charge in [-0.05, 0) is 0 Å². The lowest BCUT2D eigenvalue weighted by Gasteiger charge is -2.12. The molecule has 1 aliphatic rings. The molecule has 0 radical (unpaired) electrons. The van der Waals surface area contributed by atoms with E-state index in [4.69, 9.17) is 20.1 Å². The van der Waals surface area contributed by atoms with Gasteiger partial charge in [-0.2, -0.15) is 4.74 Å². The molecule has 0 spiro atoms. The number of hydroxylamine groups is 1. The van der Waals surface area contributed by atoms with Gasteiger partial charge in [-0.3, -0.25) is 0 Å². The van der Waals surface area contributed by atoms with Crippen molar-refractivity contribution in [3.8, 4) is 0 Å². The molecule has 1 fully saturated rings. The molecule has 0 aromatic heterocycles. The van der Waals surface area contributed by atoms with Gasteiger partial charge in [-0.15, -0.1) is 0 Å². The van der Waals surface area contributed by atoms with Gasteiger partial charge in [0.2, 0.25) is 0 Å². The van der Waals surface area contributed by atoms with Crippen LogP contribution in [0, 0.1) is 5.21 Å². The average Bonchev–Trinajstić information content (AvgIpc) is 2.30. The summed E-state index contributed by atoms with van der Waals surface area (Å²) in [5, 5.41) is 37.5. The summed E-state index contributed by atoms with van der Waals surface area (Å²) >= 11 is 0. The third kappa shape index (κ3) is 1.42. The summed E-state index contributed by atoms with van der Waals surface area (Å²) in [5.41, 5.74) is 0. The first-order valence-electron chi connectivity index (χ1n) is 3.47. The fraction of sp³-hybridized carbons (Fsp3) is 0.833. The van der Waals surface area contributed by atoms with Crippen molar-refractivity contribution in [1.29, 1.82) is 0 Å². The first kappa shape index (κ1) is 9.40. The maximum Gasteiger partial charge on any atom is 0.296 e. The lowest BCUT2D eigenvalue weighted by Crippen LogP contribution is -2.36. The molecule has 0 aliphatic carbocycles. The molecule has 0 aromatic carbocycles. The Morgan fingerprint density at radius 1 is 1.42 bits per heavy atom. The second kappa shape index (κ2) is 3.36. The molecule has 1 rings (SSSR count). The standard InChI is InChI=1S/C6H11NO5/c1-7(11)6-5(10)4(9)3(2-8)12-6/h3-6,8-10H,1-2H2/t3-,4-,5-,6?/m1/s1. The maximum atomic E-state index is 10.6. The predicted octanol–water partition coefficient (Wildman–Crippen LogP) is -2.36. The maximum absolute atomic E-state index is 10.6. The summed E-state index contributed by atoms with van der Waals surface area (Å²) in [6.07, 6.45) is -4.67. The van der Waals surface area contributed by atoms with Crippen molar-refractivity contribution in [2.24, 2.45) is 0 Å². The molecule has 12 heavy (non-hydrogen) atoms. The zero-order valence-corrected chi connectivity index (χ0v) is 6.33. The van der Waals surface area contributed by atoms with Crippen LogP contribution in [0.4, 0.5) is 0 Å². The van der Waals surface area contributed by atoms with Gasteiger partial charge in [0.1, 0.15) is 18.9 Å². The number of hydrogen-bond acceptors (Lipinski definition) is 5. The van der Waals surface area contributed by atoms with E-state index in [0.29, 0.717) is 0 Å². The Morgan fingerprint density at radius 2 is 2.00 bits per heavy atom. The van der Waals surface area contributed by atoms with E-state index in [1.54, 1.807) is 0 Å². The number of aliphatic hydroxyl groups is 3. The smallest absolute Gasteiger partial charge is 0.296 e. The Morgan fingerprint density at radius 3 is 2.25 bits per heavy atom. The number of aliphatic hydroxyl groups excluding tert-OH is 3. The molecule has 6 nitrogen and oxygen atoms in total. The van der Waals surface area contributed by atoms with Crippen molar-refractivity contribution in [3.63, 3.8) is 0 Å². The minimum Gasteiger partial charge on any atom is -0.622 e. The van der Waals surface area contributed by atoms with E-state index in [9.17, 15) is 5.21 Å². The zero-order valence-electron chi connectivity index (χ0n) is 6.33. The lowest BCUT2D eigenvalue weighted by molar-refractivity contribution is -0.556. The van der Waals surface area contributed by atoms with E-state index < -0.39 is 31.1 Å². The fourth-order valence-electron chi connectivity index (χ4n) is 1.12. The summed E-state index contributed by atoms with van der Waals surface area (Å²) in [4.78, 5) is 0. The molecule has 0 saturated carbocycles. The minimum absolute atomic E-state index is 0.156. The van der Waals surface area contributed by atoms with Crippen molar-refractivity contribution >= 4 is 6.72 Å². The highest BCUT2D eigenvalue weighted by Crippen LogP contribution is 2.20. The van der Waals surface area contributed by atoms with Crippen LogP contribution in [-0.2, 0) is 4.74 Å². The van der Waals surface area contributed by atoms with Gasteiger partial charge in [0, 0.05) is 0 Å². The molecular formula is C6H11NO5. The number of rotatable bonds is 2. The van der Waals surface area contributed by atoms with Crippen LogP contribution in [0.3, 0.4) is 0 Å². The normalized spacial score (nSPS) is 41.6. The van der Waals surface area contributed by atoms with Crippen molar-refractivity contribution in [2.75, 3.05) is 6.61 Å². The van der Waals surface area contributed by atoms with E-state index in [0.717, 1.165) is 0 Å². The van der Waals surface area contributed by atoms with Crippen LogP contribution in [0.15, 0.2) is 0 Å². The highest BCUT2D eigenvalue weighted by Gasteiger charge is 2.46. The fourth-order valence-corrected chi connectivity index (χ4v) is 1.12. The van der Waals surface area contributed by atoms with Crippen LogP contribution in [0.1, 0.15) is 0 Å². The van der Waals surface area contributed by atoms with Gasteiger partial charge in [0.05, 0.1) is 6.61 Å². The topological polar surface area (TPSA) is 96.0 Å². The summed E-state index contributed by atoms with van der Waals surface area (Å²) in [5.74, 6) is 0. The summed E-state index contributed by atoms with van der Waals surface area (Å²) in [6.45, 7) is 2.53. The molecule has 1 saturated heterocycles. The van der Waals surface area contributed by atoms with Crippen molar-refractivity contribution in [3.05, 3.63) is 5.21 Å². The van der Waals surface area contributed by atoms with Crippen molar-refractivity contribution in [2.45, 2.75) is 24.5 Å². The van der Waals surface area contributed by atoms with Gasteiger partial charge in [0.25, 0.3) is 6.23 Å². The van der Waals surface area contributed by atoms with Crippen LogP contribution in [0.25, 0.3) is 0 Å². The second-order valence-electron chi connectivity index (χ2n) is 2.65. The lowest BCUT2D eigenvalue weighted by atomic mass is 10.1. The van der Waals surface area contributed by atoms with Crippen LogP contribution in [0.2, 0.25) is 0 Å². The molecule has 1 aliphatic heterocycles. The molecule has 0 aromatic rings. The Hall–Kier alpha value is -0.690. The summed E-state index contributed by atoms with van der Waals surface area (Å²) in [7, 11) is 0. The number of nitrogens with zero attached hydrogens (tertiary/aromatic N) is 1. The van der Waals surface area contributed by atoms with Crippen LogP contribution >= 0.6 is 0 Å². The Labute approximate surface area is 68.9 Å². The highest BCUT2D eigenvalue weighted by atomic mass is 16.6. The molecule has 3 N–H and O–H groups in total. The van der Waals surface area contributed by atoms with Gasteiger partial charge < -0.3 is 25.3 Å². The van der Waals surface area contributed by atoms with Crippen LogP contribution in [0.5, 0.6) is 0 Å². The van der Waals surface area contributed by atoms with Crippen LogP contribution < -0.4 is 0 Å². The molecule has 1 unspecified atom stereocenters.